The minimum atomic E-state index is 0.00387. The summed E-state index contributed by atoms with van der Waals surface area (Å²) in [6.07, 6.45) is 5.28. The minimum Gasteiger partial charge on any atom is -0.483 e. The molecule has 4 nitrogen and oxygen atoms in total. The third-order valence-electron chi connectivity index (χ3n) is 3.60. The van der Waals surface area contributed by atoms with Crippen molar-refractivity contribution >= 4 is 12.2 Å². The van der Waals surface area contributed by atoms with Gasteiger partial charge in [0, 0.05) is 13.1 Å². The van der Waals surface area contributed by atoms with Crippen LogP contribution < -0.4 is 4.74 Å². The summed E-state index contributed by atoms with van der Waals surface area (Å²) >= 11 is 0. The summed E-state index contributed by atoms with van der Waals surface area (Å²) in [5, 5.41) is 0. The average molecular weight is 275 g/mol. The lowest BCUT2D eigenvalue weighted by molar-refractivity contribution is -0.133. The molecule has 0 aliphatic carbocycles. The van der Waals surface area contributed by atoms with Crippen molar-refractivity contribution in [3.05, 3.63) is 29.3 Å². The molecule has 1 fully saturated rings. The Morgan fingerprint density at radius 1 is 1.25 bits per heavy atom. The topological polar surface area (TPSA) is 46.6 Å². The van der Waals surface area contributed by atoms with Crippen molar-refractivity contribution in [3.63, 3.8) is 0 Å². The Hall–Kier alpha value is -1.84. The lowest BCUT2D eigenvalue weighted by atomic mass is 10.1. The average Bonchev–Trinajstić information content (AvgIpc) is 2.74. The molecule has 0 aromatic heterocycles. The Kier molecular flexibility index (Phi) is 5.16. The Morgan fingerprint density at radius 2 is 1.95 bits per heavy atom. The zero-order valence-corrected chi connectivity index (χ0v) is 11.9. The van der Waals surface area contributed by atoms with Crippen LogP contribution in [0, 0.1) is 6.92 Å². The van der Waals surface area contributed by atoms with E-state index in [9.17, 15) is 9.59 Å². The Labute approximate surface area is 119 Å². The molecular weight excluding hydrogens is 254 g/mol. The molecule has 4 heteroatoms. The second-order valence-corrected chi connectivity index (χ2v) is 5.24. The first kappa shape index (κ1) is 14.6. The second-order valence-electron chi connectivity index (χ2n) is 5.24. The van der Waals surface area contributed by atoms with Crippen LogP contribution in [0.5, 0.6) is 5.75 Å². The van der Waals surface area contributed by atoms with E-state index in [0.29, 0.717) is 11.3 Å². The van der Waals surface area contributed by atoms with Gasteiger partial charge in [-0.3, -0.25) is 9.59 Å². The molecule has 1 aliphatic heterocycles. The van der Waals surface area contributed by atoms with Crippen molar-refractivity contribution in [3.8, 4) is 5.75 Å². The number of nitrogens with zero attached hydrogens (tertiary/aromatic N) is 1. The molecule has 0 N–H and O–H groups in total. The van der Waals surface area contributed by atoms with Crippen LogP contribution in [-0.2, 0) is 4.79 Å². The van der Waals surface area contributed by atoms with Crippen molar-refractivity contribution in [2.45, 2.75) is 32.6 Å². The number of aldehydes is 1. The first-order valence-electron chi connectivity index (χ1n) is 7.17. The van der Waals surface area contributed by atoms with Crippen LogP contribution in [-0.4, -0.2) is 36.8 Å². The maximum Gasteiger partial charge on any atom is 0.260 e. The highest BCUT2D eigenvalue weighted by molar-refractivity contribution is 5.81. The summed E-state index contributed by atoms with van der Waals surface area (Å²) in [7, 11) is 0. The van der Waals surface area contributed by atoms with E-state index < -0.39 is 0 Å². The fourth-order valence-electron chi connectivity index (χ4n) is 2.44. The number of carbonyl (C=O) groups excluding carboxylic acids is 2. The normalized spacial score (nSPS) is 15.6. The monoisotopic (exact) mass is 275 g/mol. The molecule has 2 rings (SSSR count). The van der Waals surface area contributed by atoms with Gasteiger partial charge in [-0.15, -0.1) is 0 Å². The summed E-state index contributed by atoms with van der Waals surface area (Å²) < 4.78 is 5.52. The molecule has 1 amide bonds. The van der Waals surface area contributed by atoms with Crippen molar-refractivity contribution in [2.75, 3.05) is 19.7 Å². The van der Waals surface area contributed by atoms with E-state index in [4.69, 9.17) is 4.74 Å². The van der Waals surface area contributed by atoms with Gasteiger partial charge in [0.25, 0.3) is 5.91 Å². The van der Waals surface area contributed by atoms with Crippen LogP contribution in [0.25, 0.3) is 0 Å². The number of likely N-dealkylation sites (tertiary alicyclic amines) is 1. The summed E-state index contributed by atoms with van der Waals surface area (Å²) in [6.45, 7) is 3.55. The number of rotatable bonds is 4. The van der Waals surface area contributed by atoms with Crippen molar-refractivity contribution in [1.82, 2.24) is 4.90 Å². The predicted octanol–water partition coefficient (Wildman–Crippen LogP) is 2.59. The molecule has 1 aromatic carbocycles. The van der Waals surface area contributed by atoms with Crippen molar-refractivity contribution in [2.24, 2.45) is 0 Å². The molecule has 108 valence electrons. The van der Waals surface area contributed by atoms with Crippen LogP contribution in [0.2, 0.25) is 0 Å². The lowest BCUT2D eigenvalue weighted by Crippen LogP contribution is -2.35. The number of benzene rings is 1. The fourth-order valence-corrected chi connectivity index (χ4v) is 2.44. The second kappa shape index (κ2) is 7.08. The third-order valence-corrected chi connectivity index (χ3v) is 3.60. The fraction of sp³-hybridized carbons (Fsp3) is 0.500. The van der Waals surface area contributed by atoms with E-state index in [1.165, 1.54) is 12.8 Å². The number of hydrogen-bond acceptors (Lipinski definition) is 3. The first-order chi connectivity index (χ1) is 9.70. The quantitative estimate of drug-likeness (QED) is 0.793. The maximum absolute atomic E-state index is 12.1. The van der Waals surface area contributed by atoms with Gasteiger partial charge in [-0.25, -0.2) is 0 Å². The summed E-state index contributed by atoms with van der Waals surface area (Å²) in [5.74, 6) is 0.484. The van der Waals surface area contributed by atoms with E-state index in [1.807, 2.05) is 17.9 Å². The van der Waals surface area contributed by atoms with Gasteiger partial charge < -0.3 is 9.64 Å². The number of carbonyl (C=O) groups is 2. The smallest absolute Gasteiger partial charge is 0.260 e. The van der Waals surface area contributed by atoms with Gasteiger partial charge in [-0.2, -0.15) is 0 Å². The zero-order valence-electron chi connectivity index (χ0n) is 11.9. The zero-order chi connectivity index (χ0) is 14.4. The summed E-state index contributed by atoms with van der Waals surface area (Å²) in [4.78, 5) is 25.0. The first-order valence-corrected chi connectivity index (χ1v) is 7.17. The molecule has 1 aliphatic rings. The van der Waals surface area contributed by atoms with E-state index in [1.54, 1.807) is 12.1 Å². The molecule has 0 radical (unpaired) electrons. The Balaban J connectivity index is 1.94. The van der Waals surface area contributed by atoms with Gasteiger partial charge in [-0.05, 0) is 31.9 Å². The van der Waals surface area contributed by atoms with Crippen LogP contribution in [0.1, 0.15) is 41.6 Å². The largest absolute Gasteiger partial charge is 0.483 e. The summed E-state index contributed by atoms with van der Waals surface area (Å²) in [5.41, 5.74) is 1.49. The molecular formula is C16H21NO3. The van der Waals surface area contributed by atoms with Gasteiger partial charge in [0.1, 0.15) is 5.75 Å². The molecule has 0 bridgehead atoms. The maximum atomic E-state index is 12.1. The van der Waals surface area contributed by atoms with E-state index in [-0.39, 0.29) is 12.5 Å². The van der Waals surface area contributed by atoms with Crippen molar-refractivity contribution in [1.29, 1.82) is 0 Å². The highest BCUT2D eigenvalue weighted by atomic mass is 16.5. The molecule has 0 saturated carbocycles. The Bertz CT molecular complexity index is 477. The highest BCUT2D eigenvalue weighted by Gasteiger charge is 2.16. The van der Waals surface area contributed by atoms with Gasteiger partial charge in [-0.1, -0.05) is 24.5 Å². The van der Waals surface area contributed by atoms with E-state index in [0.717, 1.165) is 37.8 Å². The van der Waals surface area contributed by atoms with Crippen molar-refractivity contribution < 1.29 is 14.3 Å². The number of ether oxygens (including phenoxy) is 1. The number of amides is 1. The molecule has 0 unspecified atom stereocenters. The van der Waals surface area contributed by atoms with E-state index >= 15 is 0 Å². The molecule has 1 aromatic rings. The Morgan fingerprint density at radius 3 is 2.60 bits per heavy atom. The minimum absolute atomic E-state index is 0.00387. The van der Waals surface area contributed by atoms with Gasteiger partial charge in [0.15, 0.2) is 12.9 Å². The molecule has 1 saturated heterocycles. The van der Waals surface area contributed by atoms with Crippen LogP contribution >= 0.6 is 0 Å². The molecule has 1 heterocycles. The molecule has 0 atom stereocenters. The summed E-state index contributed by atoms with van der Waals surface area (Å²) in [6, 6.07) is 5.38. The number of aryl methyl sites for hydroxylation is 1. The lowest BCUT2D eigenvalue weighted by Gasteiger charge is -2.20. The standard InChI is InChI=1S/C16H21NO3/c1-13-6-7-15(14(10-13)11-18)20-12-16(19)17-8-4-2-3-5-9-17/h6-7,10-11H,2-5,8-9,12H2,1H3. The van der Waals surface area contributed by atoms with Crippen LogP contribution in [0.4, 0.5) is 0 Å². The van der Waals surface area contributed by atoms with Crippen LogP contribution in [0.15, 0.2) is 18.2 Å². The third kappa shape index (κ3) is 3.83. The SMILES string of the molecule is Cc1ccc(OCC(=O)N2CCCCCC2)c(C=O)c1. The van der Waals surface area contributed by atoms with Gasteiger partial charge in [0.05, 0.1) is 5.56 Å². The molecule has 0 spiro atoms. The predicted molar refractivity (Wildman–Crippen MR) is 77.1 cm³/mol. The van der Waals surface area contributed by atoms with Gasteiger partial charge in [0.2, 0.25) is 0 Å². The number of hydrogen-bond donors (Lipinski definition) is 0. The molecule has 20 heavy (non-hydrogen) atoms. The van der Waals surface area contributed by atoms with Crippen LogP contribution in [0.3, 0.4) is 0 Å². The highest BCUT2D eigenvalue weighted by Crippen LogP contribution is 2.18. The van der Waals surface area contributed by atoms with E-state index in [2.05, 4.69) is 0 Å². The van der Waals surface area contributed by atoms with Gasteiger partial charge >= 0.3 is 0 Å².